The Balaban J connectivity index is 0.00000210. The average Bonchev–Trinajstić information content (AvgIpc) is 3.32. The van der Waals surface area contributed by atoms with E-state index >= 15 is 0 Å². The Morgan fingerprint density at radius 1 is 1.22 bits per heavy atom. The highest BCUT2D eigenvalue weighted by Crippen LogP contribution is 2.48. The standard InChI is InChI=1S/C21H28N2O2S.ClH/c1-24-17-7-13-26-18(17)14-22-16-20(19-6-2-5-11-23-19)10-12-25-21(15-20)8-3-4-9-21;/h2,5-7,11,13,22H,3-4,8-10,12,14-16H2,1H3;1H. The number of hydrogen-bond donors (Lipinski definition) is 1. The number of nitrogens with zero attached hydrogens (tertiary/aromatic N) is 1. The van der Waals surface area contributed by atoms with Crippen LogP contribution in [0.1, 0.15) is 49.1 Å². The maximum Gasteiger partial charge on any atom is 0.134 e. The maximum atomic E-state index is 6.32. The van der Waals surface area contributed by atoms with Gasteiger partial charge in [-0.1, -0.05) is 18.9 Å². The molecule has 0 bridgehead atoms. The van der Waals surface area contributed by atoms with Crippen molar-refractivity contribution in [1.82, 2.24) is 10.3 Å². The zero-order chi connectivity index (χ0) is 17.9. The monoisotopic (exact) mass is 408 g/mol. The fourth-order valence-corrected chi connectivity index (χ4v) is 5.56. The number of halogens is 1. The van der Waals surface area contributed by atoms with Crippen molar-refractivity contribution in [3.8, 4) is 5.75 Å². The SMILES string of the molecule is COc1ccsc1CNCC1(c2ccccn2)CCOC2(CCCC2)C1.Cl. The Hall–Kier alpha value is -1.14. The number of thiophene rings is 1. The first-order valence-corrected chi connectivity index (χ1v) is 10.5. The predicted molar refractivity (Wildman–Crippen MR) is 112 cm³/mol. The highest BCUT2D eigenvalue weighted by molar-refractivity contribution is 7.10. The summed E-state index contributed by atoms with van der Waals surface area (Å²) in [5.41, 5.74) is 1.33. The minimum absolute atomic E-state index is 0. The van der Waals surface area contributed by atoms with E-state index < -0.39 is 0 Å². The lowest BCUT2D eigenvalue weighted by Crippen LogP contribution is -2.51. The lowest BCUT2D eigenvalue weighted by atomic mass is 9.69. The van der Waals surface area contributed by atoms with E-state index in [1.54, 1.807) is 18.4 Å². The third kappa shape index (κ3) is 4.32. The van der Waals surface area contributed by atoms with Crippen molar-refractivity contribution in [3.63, 3.8) is 0 Å². The Morgan fingerprint density at radius 2 is 2.07 bits per heavy atom. The van der Waals surface area contributed by atoms with Gasteiger partial charge >= 0.3 is 0 Å². The second kappa shape index (κ2) is 8.91. The summed E-state index contributed by atoms with van der Waals surface area (Å²) in [7, 11) is 1.74. The number of methoxy groups -OCH3 is 1. The van der Waals surface area contributed by atoms with Crippen LogP contribution in [0.2, 0.25) is 0 Å². The van der Waals surface area contributed by atoms with E-state index in [4.69, 9.17) is 14.5 Å². The van der Waals surface area contributed by atoms with Crippen LogP contribution in [0.5, 0.6) is 5.75 Å². The van der Waals surface area contributed by atoms with Gasteiger partial charge in [-0.3, -0.25) is 4.98 Å². The van der Waals surface area contributed by atoms with Crippen LogP contribution in [0, 0.1) is 0 Å². The summed E-state index contributed by atoms with van der Waals surface area (Å²) >= 11 is 1.75. The molecule has 1 saturated carbocycles. The van der Waals surface area contributed by atoms with Gasteiger partial charge in [0, 0.05) is 37.0 Å². The number of aromatic nitrogens is 1. The number of pyridine rings is 1. The molecule has 2 aromatic heterocycles. The van der Waals surface area contributed by atoms with Crippen molar-refractivity contribution in [2.45, 2.75) is 56.1 Å². The van der Waals surface area contributed by atoms with Gasteiger partial charge in [-0.2, -0.15) is 0 Å². The van der Waals surface area contributed by atoms with Gasteiger partial charge in [-0.05, 0) is 49.3 Å². The summed E-state index contributed by atoms with van der Waals surface area (Å²) in [6, 6.07) is 8.36. The number of hydrogen-bond acceptors (Lipinski definition) is 5. The second-order valence-electron chi connectivity index (χ2n) is 7.68. The fourth-order valence-electron chi connectivity index (χ4n) is 4.75. The smallest absolute Gasteiger partial charge is 0.134 e. The van der Waals surface area contributed by atoms with Crippen LogP contribution in [0.4, 0.5) is 0 Å². The molecule has 0 aromatic carbocycles. The molecule has 2 fully saturated rings. The number of nitrogens with one attached hydrogen (secondary N) is 1. The van der Waals surface area contributed by atoms with Gasteiger partial charge < -0.3 is 14.8 Å². The molecule has 1 atom stereocenters. The van der Waals surface area contributed by atoms with Gasteiger partial charge in [0.25, 0.3) is 0 Å². The molecule has 1 aliphatic heterocycles. The summed E-state index contributed by atoms with van der Waals surface area (Å²) < 4.78 is 11.8. The molecular weight excluding hydrogens is 380 g/mol. The third-order valence-corrected chi connectivity index (χ3v) is 6.95. The molecule has 1 spiro atoms. The third-order valence-electron chi connectivity index (χ3n) is 6.05. The van der Waals surface area contributed by atoms with Crippen LogP contribution < -0.4 is 10.1 Å². The Kier molecular flexibility index (Phi) is 6.79. The Labute approximate surface area is 172 Å². The van der Waals surface area contributed by atoms with Crippen LogP contribution in [0.3, 0.4) is 0 Å². The van der Waals surface area contributed by atoms with Gasteiger partial charge in [0.05, 0.1) is 17.6 Å². The lowest BCUT2D eigenvalue weighted by molar-refractivity contribution is -0.102. The lowest BCUT2D eigenvalue weighted by Gasteiger charge is -2.46. The van der Waals surface area contributed by atoms with E-state index in [9.17, 15) is 0 Å². The van der Waals surface area contributed by atoms with Crippen molar-refractivity contribution in [2.75, 3.05) is 20.3 Å². The van der Waals surface area contributed by atoms with E-state index in [0.29, 0.717) is 0 Å². The first-order valence-electron chi connectivity index (χ1n) is 9.62. The van der Waals surface area contributed by atoms with Crippen LogP contribution in [-0.2, 0) is 16.7 Å². The van der Waals surface area contributed by atoms with Gasteiger partial charge in [-0.25, -0.2) is 0 Å². The van der Waals surface area contributed by atoms with Crippen LogP contribution in [-0.4, -0.2) is 30.8 Å². The largest absolute Gasteiger partial charge is 0.496 e. The molecule has 148 valence electrons. The number of rotatable bonds is 6. The molecule has 4 rings (SSSR count). The highest BCUT2D eigenvalue weighted by Gasteiger charge is 2.48. The summed E-state index contributed by atoms with van der Waals surface area (Å²) in [6.45, 7) is 2.60. The fraction of sp³-hybridized carbons (Fsp3) is 0.571. The summed E-state index contributed by atoms with van der Waals surface area (Å²) in [6.07, 6.45) is 9.00. The molecule has 1 aliphatic carbocycles. The molecule has 6 heteroatoms. The molecule has 2 aromatic rings. The Morgan fingerprint density at radius 3 is 2.81 bits per heavy atom. The van der Waals surface area contributed by atoms with E-state index in [1.165, 1.54) is 36.3 Å². The van der Waals surface area contributed by atoms with E-state index in [2.05, 4.69) is 22.8 Å². The second-order valence-corrected chi connectivity index (χ2v) is 8.68. The molecule has 0 amide bonds. The molecule has 0 radical (unpaired) electrons. The van der Waals surface area contributed by atoms with E-state index in [0.717, 1.165) is 38.3 Å². The molecule has 1 N–H and O–H groups in total. The van der Waals surface area contributed by atoms with E-state index in [1.807, 2.05) is 18.3 Å². The van der Waals surface area contributed by atoms with Crippen molar-refractivity contribution in [3.05, 3.63) is 46.4 Å². The molecular formula is C21H29ClN2O2S. The van der Waals surface area contributed by atoms with Crippen molar-refractivity contribution in [2.24, 2.45) is 0 Å². The molecule has 1 unspecified atom stereocenters. The number of ether oxygens (including phenoxy) is 2. The minimum atomic E-state index is 0. The topological polar surface area (TPSA) is 43.4 Å². The molecule has 27 heavy (non-hydrogen) atoms. The first-order chi connectivity index (χ1) is 12.8. The summed E-state index contributed by atoms with van der Waals surface area (Å²) in [4.78, 5) is 6.02. The van der Waals surface area contributed by atoms with E-state index in [-0.39, 0.29) is 23.4 Å². The highest BCUT2D eigenvalue weighted by atomic mass is 35.5. The van der Waals surface area contributed by atoms with Crippen LogP contribution in [0.15, 0.2) is 35.8 Å². The summed E-state index contributed by atoms with van der Waals surface area (Å²) in [5, 5.41) is 5.80. The van der Waals surface area contributed by atoms with Gasteiger partial charge in [0.2, 0.25) is 0 Å². The summed E-state index contributed by atoms with van der Waals surface area (Å²) in [5.74, 6) is 0.980. The average molecular weight is 409 g/mol. The van der Waals surface area contributed by atoms with Crippen LogP contribution in [0.25, 0.3) is 0 Å². The van der Waals surface area contributed by atoms with Gasteiger partial charge in [0.15, 0.2) is 0 Å². The quantitative estimate of drug-likeness (QED) is 0.750. The first kappa shape index (κ1) is 20.6. The normalized spacial score (nSPS) is 23.9. The maximum absolute atomic E-state index is 6.32. The minimum Gasteiger partial charge on any atom is -0.496 e. The Bertz CT molecular complexity index is 718. The molecule has 1 saturated heterocycles. The molecule has 2 aliphatic rings. The van der Waals surface area contributed by atoms with Crippen molar-refractivity contribution < 1.29 is 9.47 Å². The predicted octanol–water partition coefficient (Wildman–Crippen LogP) is 4.72. The molecule has 3 heterocycles. The zero-order valence-corrected chi connectivity index (χ0v) is 17.5. The van der Waals surface area contributed by atoms with Gasteiger partial charge in [-0.15, -0.1) is 23.7 Å². The zero-order valence-electron chi connectivity index (χ0n) is 15.9. The van der Waals surface area contributed by atoms with Crippen molar-refractivity contribution in [1.29, 1.82) is 0 Å². The molecule has 4 nitrogen and oxygen atoms in total. The van der Waals surface area contributed by atoms with Crippen LogP contribution >= 0.6 is 23.7 Å². The van der Waals surface area contributed by atoms with Crippen molar-refractivity contribution >= 4 is 23.7 Å². The van der Waals surface area contributed by atoms with Gasteiger partial charge in [0.1, 0.15) is 5.75 Å².